The molecule has 8 nitrogen and oxygen atoms in total. The monoisotopic (exact) mass is 645 g/mol. The fourth-order valence-corrected chi connectivity index (χ4v) is 6.59. The summed E-state index contributed by atoms with van der Waals surface area (Å²) in [7, 11) is 3.54. The molecule has 0 aliphatic carbocycles. The van der Waals surface area contributed by atoms with Gasteiger partial charge in [0.15, 0.2) is 5.82 Å². The number of fused-ring (bicyclic) bond motifs is 2. The van der Waals surface area contributed by atoms with Crippen molar-refractivity contribution in [1.29, 1.82) is 0 Å². The normalized spacial score (nSPS) is 12.5. The van der Waals surface area contributed by atoms with Gasteiger partial charge in [-0.15, -0.1) is 11.3 Å². The summed E-state index contributed by atoms with van der Waals surface area (Å²) in [6, 6.07) is 17.9. The van der Waals surface area contributed by atoms with Crippen molar-refractivity contribution >= 4 is 44.7 Å². The first-order chi connectivity index (χ1) is 21.9. The van der Waals surface area contributed by atoms with Crippen LogP contribution < -0.4 is 10.6 Å². The lowest BCUT2D eigenvalue weighted by Crippen LogP contribution is -2.18. The third kappa shape index (κ3) is 9.15. The van der Waals surface area contributed by atoms with E-state index in [0.29, 0.717) is 13.1 Å². The minimum atomic E-state index is -0.500. The molecule has 0 saturated carbocycles. The SMILES string of the molecule is CC(C)(C)O.CCOC=O.CCc1c(C)cc2nc(-c3ccc4c(c3)c(N3CCCC3)nn4C)sc2c1-c1ccc(C)cc1.CN. The molecule has 46 heavy (non-hydrogen) atoms. The zero-order valence-corrected chi connectivity index (χ0v) is 29.8. The Morgan fingerprint density at radius 2 is 1.61 bits per heavy atom. The number of aliphatic hydroxyl groups is 1. The van der Waals surface area contributed by atoms with Crippen molar-refractivity contribution in [1.82, 2.24) is 14.8 Å². The molecule has 1 aliphatic rings. The zero-order valence-electron chi connectivity index (χ0n) is 29.0. The van der Waals surface area contributed by atoms with E-state index in [0.717, 1.165) is 35.9 Å². The van der Waals surface area contributed by atoms with Crippen LogP contribution in [0.25, 0.3) is 42.8 Å². The number of nitrogens with zero attached hydrogens (tertiary/aromatic N) is 4. The van der Waals surface area contributed by atoms with Crippen molar-refractivity contribution < 1.29 is 14.6 Å². The molecule has 3 N–H and O–H groups in total. The van der Waals surface area contributed by atoms with Gasteiger partial charge in [-0.1, -0.05) is 36.8 Å². The van der Waals surface area contributed by atoms with E-state index in [2.05, 4.69) is 84.7 Å². The highest BCUT2D eigenvalue weighted by atomic mass is 32.1. The number of ether oxygens (including phenoxy) is 1. The Labute approximate surface area is 278 Å². The van der Waals surface area contributed by atoms with Gasteiger partial charge in [-0.25, -0.2) is 4.98 Å². The van der Waals surface area contributed by atoms with E-state index in [9.17, 15) is 4.79 Å². The molecule has 1 fully saturated rings. The maximum Gasteiger partial charge on any atom is 0.293 e. The standard InChI is InChI=1S/C29H30N4S.C4H10O.C3H6O2.CH5N/c1-5-22-19(3)16-24-27(26(22)20-10-8-18(2)9-11-20)34-29(30-24)21-12-13-25-23(17-21)28(31-32(25)4)33-14-6-7-15-33;1-4(2,3)5;1-2-5-3-4;1-2/h8-13,16-17H,5-7,14-15H2,1-4H3;5H,1-3H3;3H,2H2,1H3;2H2,1H3. The maximum absolute atomic E-state index is 9.18. The predicted octanol–water partition coefficient (Wildman–Crippen LogP) is 7.83. The van der Waals surface area contributed by atoms with Crippen LogP contribution in [0.15, 0.2) is 48.5 Å². The first-order valence-electron chi connectivity index (χ1n) is 16.0. The van der Waals surface area contributed by atoms with Gasteiger partial charge in [-0.2, -0.15) is 5.10 Å². The van der Waals surface area contributed by atoms with Crippen LogP contribution in [0.5, 0.6) is 0 Å². The van der Waals surface area contributed by atoms with Crippen LogP contribution in [0, 0.1) is 13.8 Å². The molecular formula is C37H51N5O3S. The second kappa shape index (κ2) is 16.7. The lowest BCUT2D eigenvalue weighted by molar-refractivity contribution is -0.128. The highest BCUT2D eigenvalue weighted by molar-refractivity contribution is 7.22. The number of thiazole rings is 1. The average Bonchev–Trinajstić information content (AvgIpc) is 3.77. The third-order valence-corrected chi connectivity index (χ3v) is 8.56. The Bertz CT molecular complexity index is 1710. The number of hydrogen-bond acceptors (Lipinski definition) is 8. The molecule has 6 rings (SSSR count). The molecule has 0 unspecified atom stereocenters. The molecule has 0 amide bonds. The number of hydrogen-bond donors (Lipinski definition) is 2. The highest BCUT2D eigenvalue weighted by Gasteiger charge is 2.21. The van der Waals surface area contributed by atoms with Crippen molar-refractivity contribution in [3.63, 3.8) is 0 Å². The van der Waals surface area contributed by atoms with Gasteiger partial charge in [-0.05, 0) is 109 Å². The van der Waals surface area contributed by atoms with Gasteiger partial charge < -0.3 is 20.5 Å². The third-order valence-electron chi connectivity index (χ3n) is 7.42. The number of aryl methyl sites for hydroxylation is 3. The van der Waals surface area contributed by atoms with Gasteiger partial charge in [-0.3, -0.25) is 9.48 Å². The van der Waals surface area contributed by atoms with Gasteiger partial charge in [0.2, 0.25) is 0 Å². The maximum atomic E-state index is 9.18. The first-order valence-corrected chi connectivity index (χ1v) is 16.8. The van der Waals surface area contributed by atoms with Crippen LogP contribution in [0.2, 0.25) is 0 Å². The number of anilines is 1. The quantitative estimate of drug-likeness (QED) is 0.181. The molecule has 248 valence electrons. The van der Waals surface area contributed by atoms with Crippen LogP contribution in [0.4, 0.5) is 5.82 Å². The topological polar surface area (TPSA) is 107 Å². The number of carbonyl (C=O) groups is 1. The molecule has 1 saturated heterocycles. The Morgan fingerprint density at radius 3 is 2.15 bits per heavy atom. The van der Waals surface area contributed by atoms with Crippen molar-refractivity contribution in [2.24, 2.45) is 12.8 Å². The van der Waals surface area contributed by atoms with Crippen LogP contribution in [0.3, 0.4) is 0 Å². The Kier molecular flexibility index (Phi) is 13.3. The fraction of sp³-hybridized carbons (Fsp3) is 0.432. The van der Waals surface area contributed by atoms with E-state index in [1.165, 1.54) is 68.9 Å². The van der Waals surface area contributed by atoms with Crippen molar-refractivity contribution in [2.75, 3.05) is 31.6 Å². The van der Waals surface area contributed by atoms with E-state index >= 15 is 0 Å². The van der Waals surface area contributed by atoms with Crippen LogP contribution in [-0.2, 0) is 23.0 Å². The molecule has 9 heteroatoms. The number of carbonyl (C=O) groups excluding carboxylic acids is 1. The summed E-state index contributed by atoms with van der Waals surface area (Å²) in [5.74, 6) is 1.11. The Balaban J connectivity index is 0.000000416. The summed E-state index contributed by atoms with van der Waals surface area (Å²) < 4.78 is 7.45. The fourth-order valence-electron chi connectivity index (χ4n) is 5.45. The second-order valence-corrected chi connectivity index (χ2v) is 13.2. The van der Waals surface area contributed by atoms with E-state index in [1.807, 2.05) is 23.1 Å². The lowest BCUT2D eigenvalue weighted by atomic mass is 9.93. The summed E-state index contributed by atoms with van der Waals surface area (Å²) in [4.78, 5) is 16.8. The van der Waals surface area contributed by atoms with Gasteiger partial charge in [0, 0.05) is 36.7 Å². The molecule has 5 aromatic rings. The molecule has 0 atom stereocenters. The van der Waals surface area contributed by atoms with Gasteiger partial charge in [0.1, 0.15) is 5.01 Å². The number of benzene rings is 3. The minimum Gasteiger partial charge on any atom is -0.468 e. The number of nitrogens with two attached hydrogens (primary N) is 1. The van der Waals surface area contributed by atoms with E-state index in [-0.39, 0.29) is 0 Å². The second-order valence-electron chi connectivity index (χ2n) is 12.2. The predicted molar refractivity (Wildman–Crippen MR) is 195 cm³/mol. The molecule has 3 aromatic carbocycles. The van der Waals surface area contributed by atoms with E-state index in [1.54, 1.807) is 27.7 Å². The van der Waals surface area contributed by atoms with Gasteiger partial charge >= 0.3 is 0 Å². The molecule has 0 radical (unpaired) electrons. The van der Waals surface area contributed by atoms with Crippen molar-refractivity contribution in [3.8, 4) is 21.7 Å². The summed E-state index contributed by atoms with van der Waals surface area (Å²) in [5.41, 5.74) is 14.1. The lowest BCUT2D eigenvalue weighted by Gasteiger charge is -2.14. The van der Waals surface area contributed by atoms with E-state index < -0.39 is 5.60 Å². The van der Waals surface area contributed by atoms with Crippen LogP contribution in [-0.4, -0.2) is 58.7 Å². The van der Waals surface area contributed by atoms with Crippen LogP contribution >= 0.6 is 11.3 Å². The van der Waals surface area contributed by atoms with Crippen molar-refractivity contribution in [2.45, 2.75) is 73.3 Å². The van der Waals surface area contributed by atoms with Gasteiger partial charge in [0.05, 0.1) is 27.9 Å². The molecule has 2 aromatic heterocycles. The molecule has 3 heterocycles. The number of aromatic nitrogens is 3. The number of rotatable bonds is 6. The molecular weight excluding hydrogens is 595 g/mol. The summed E-state index contributed by atoms with van der Waals surface area (Å²) >= 11 is 1.82. The largest absolute Gasteiger partial charge is 0.468 e. The summed E-state index contributed by atoms with van der Waals surface area (Å²) in [5, 5.41) is 15.7. The average molecular weight is 646 g/mol. The minimum absolute atomic E-state index is 0.431. The highest BCUT2D eigenvalue weighted by Crippen LogP contribution is 2.42. The summed E-state index contributed by atoms with van der Waals surface area (Å²) in [6.45, 7) is 16.7. The Morgan fingerprint density at radius 1 is 1.00 bits per heavy atom. The summed E-state index contributed by atoms with van der Waals surface area (Å²) in [6.07, 6.45) is 3.51. The van der Waals surface area contributed by atoms with Crippen molar-refractivity contribution in [3.05, 3.63) is 65.2 Å². The molecule has 0 spiro atoms. The first kappa shape index (κ1) is 36.7. The van der Waals surface area contributed by atoms with E-state index in [4.69, 9.17) is 15.2 Å². The smallest absolute Gasteiger partial charge is 0.293 e. The van der Waals surface area contributed by atoms with Crippen LogP contribution in [0.1, 0.15) is 64.2 Å². The van der Waals surface area contributed by atoms with Gasteiger partial charge in [0.25, 0.3) is 6.47 Å². The zero-order chi connectivity index (χ0) is 34.0. The molecule has 1 aliphatic heterocycles. The Hall–Kier alpha value is -3.79. The molecule has 0 bridgehead atoms.